The molecule has 0 saturated carbocycles. The van der Waals surface area contributed by atoms with Crippen molar-refractivity contribution in [1.29, 1.82) is 0 Å². The lowest BCUT2D eigenvalue weighted by atomic mass is 9.57. The Morgan fingerprint density at radius 2 is 2.00 bits per heavy atom. The highest BCUT2D eigenvalue weighted by atomic mass is 16.4. The minimum atomic E-state index is -1.74. The van der Waals surface area contributed by atoms with Crippen molar-refractivity contribution >= 4 is 18.9 Å². The Labute approximate surface area is 92.3 Å². The molecule has 1 aliphatic heterocycles. The van der Waals surface area contributed by atoms with Crippen LogP contribution in [0.25, 0.3) is 0 Å². The average Bonchev–Trinajstić information content (AvgIpc) is 2.37. The third-order valence-electron chi connectivity index (χ3n) is 2.96. The van der Waals surface area contributed by atoms with E-state index in [2.05, 4.69) is 6.58 Å². The largest absolute Gasteiger partial charge is 0.481 e. The number of carboxylic acid groups (broad SMARTS) is 2. The number of carbonyl (C=O) groups is 2. The number of aliphatic hydroxyl groups is 1. The summed E-state index contributed by atoms with van der Waals surface area (Å²) in [6, 6.07) is 0. The van der Waals surface area contributed by atoms with Crippen molar-refractivity contribution in [3.8, 4) is 0 Å². The summed E-state index contributed by atoms with van der Waals surface area (Å²) in [5.41, 5.74) is -1.74. The van der Waals surface area contributed by atoms with E-state index in [0.717, 1.165) is 0 Å². The summed E-state index contributed by atoms with van der Waals surface area (Å²) >= 11 is 0. The maximum Gasteiger partial charge on any atom is 0.309 e. The number of aliphatic carboxylic acids is 2. The molecule has 0 spiro atoms. The standard InChI is InChI=1S/C9H13BO6/c1-2-3-9(15)4-10(16)6(8(13)14)5(9)7(11)12/h2,5-6,15-16H,1,3-4H2,(H,11,12)(H,13,14). The molecule has 4 N–H and O–H groups in total. The van der Waals surface area contributed by atoms with Crippen LogP contribution in [0.1, 0.15) is 6.42 Å². The number of rotatable bonds is 4. The molecule has 1 fully saturated rings. The number of hydrogen-bond donors (Lipinski definition) is 4. The Morgan fingerprint density at radius 3 is 2.38 bits per heavy atom. The first-order chi connectivity index (χ1) is 7.33. The van der Waals surface area contributed by atoms with Gasteiger partial charge in [-0.1, -0.05) is 6.08 Å². The fourth-order valence-electron chi connectivity index (χ4n) is 2.32. The quantitative estimate of drug-likeness (QED) is 0.379. The summed E-state index contributed by atoms with van der Waals surface area (Å²) in [7, 11) is 0. The third-order valence-corrected chi connectivity index (χ3v) is 2.96. The molecule has 0 radical (unpaired) electrons. The Kier molecular flexibility index (Phi) is 3.40. The Morgan fingerprint density at radius 1 is 1.44 bits per heavy atom. The highest BCUT2D eigenvalue weighted by molar-refractivity contribution is 6.59. The minimum Gasteiger partial charge on any atom is -0.481 e. The van der Waals surface area contributed by atoms with Crippen molar-refractivity contribution in [2.75, 3.05) is 0 Å². The van der Waals surface area contributed by atoms with E-state index in [-0.39, 0.29) is 12.7 Å². The average molecular weight is 228 g/mol. The van der Waals surface area contributed by atoms with Crippen LogP contribution in [0, 0.1) is 5.92 Å². The first-order valence-electron chi connectivity index (χ1n) is 4.80. The van der Waals surface area contributed by atoms with E-state index < -0.39 is 36.2 Å². The van der Waals surface area contributed by atoms with Gasteiger partial charge in [-0.3, -0.25) is 9.59 Å². The van der Waals surface area contributed by atoms with Gasteiger partial charge in [-0.05, 0) is 12.7 Å². The smallest absolute Gasteiger partial charge is 0.309 e. The van der Waals surface area contributed by atoms with Gasteiger partial charge >= 0.3 is 18.9 Å². The van der Waals surface area contributed by atoms with Crippen LogP contribution in [-0.2, 0) is 9.59 Å². The highest BCUT2D eigenvalue weighted by Gasteiger charge is 2.60. The van der Waals surface area contributed by atoms with Gasteiger partial charge in [0.15, 0.2) is 0 Å². The van der Waals surface area contributed by atoms with Crippen LogP contribution in [0.4, 0.5) is 0 Å². The third kappa shape index (κ3) is 1.96. The molecule has 1 rings (SSSR count). The fourth-order valence-corrected chi connectivity index (χ4v) is 2.32. The highest BCUT2D eigenvalue weighted by Crippen LogP contribution is 2.45. The summed E-state index contributed by atoms with van der Waals surface area (Å²) in [5.74, 6) is -5.84. The van der Waals surface area contributed by atoms with Crippen LogP contribution in [0.3, 0.4) is 0 Å². The van der Waals surface area contributed by atoms with E-state index in [0.29, 0.717) is 0 Å². The molecule has 88 valence electrons. The molecule has 3 unspecified atom stereocenters. The van der Waals surface area contributed by atoms with Gasteiger partial charge < -0.3 is 20.3 Å². The second kappa shape index (κ2) is 4.27. The lowest BCUT2D eigenvalue weighted by molar-refractivity contribution is -0.155. The SMILES string of the molecule is C=CCC1(O)CB(O)C(C(=O)O)C1C(=O)O. The summed E-state index contributed by atoms with van der Waals surface area (Å²) in [6.07, 6.45) is 0.977. The second-order valence-electron chi connectivity index (χ2n) is 4.05. The molecule has 0 bridgehead atoms. The molecule has 6 nitrogen and oxygen atoms in total. The zero-order valence-corrected chi connectivity index (χ0v) is 8.54. The maximum absolute atomic E-state index is 11.0. The van der Waals surface area contributed by atoms with E-state index in [1.54, 1.807) is 0 Å². The molecule has 0 amide bonds. The predicted molar refractivity (Wildman–Crippen MR) is 55.1 cm³/mol. The molecule has 3 atom stereocenters. The van der Waals surface area contributed by atoms with E-state index in [4.69, 9.17) is 10.2 Å². The van der Waals surface area contributed by atoms with Crippen LogP contribution in [0.15, 0.2) is 12.7 Å². The normalized spacial score (nSPS) is 33.8. The van der Waals surface area contributed by atoms with E-state index in [9.17, 15) is 19.7 Å². The lowest BCUT2D eigenvalue weighted by Crippen LogP contribution is -2.40. The van der Waals surface area contributed by atoms with Gasteiger partial charge in [0.25, 0.3) is 0 Å². The summed E-state index contributed by atoms with van der Waals surface area (Å²) in [5, 5.41) is 37.3. The monoisotopic (exact) mass is 228 g/mol. The van der Waals surface area contributed by atoms with Gasteiger partial charge in [0, 0.05) is 0 Å². The van der Waals surface area contributed by atoms with Crippen molar-refractivity contribution in [2.45, 2.75) is 24.2 Å². The van der Waals surface area contributed by atoms with Gasteiger partial charge in [0.05, 0.1) is 17.3 Å². The Bertz CT molecular complexity index is 330. The van der Waals surface area contributed by atoms with Gasteiger partial charge in [-0.25, -0.2) is 0 Å². The van der Waals surface area contributed by atoms with E-state index in [1.807, 2.05) is 0 Å². The molecular formula is C9H13BO6. The van der Waals surface area contributed by atoms with Crippen LogP contribution in [0.2, 0.25) is 12.1 Å². The molecule has 0 aromatic heterocycles. The second-order valence-corrected chi connectivity index (χ2v) is 4.05. The first-order valence-corrected chi connectivity index (χ1v) is 4.80. The predicted octanol–water partition coefficient (Wildman–Crippen LogP) is -0.553. The molecule has 1 heterocycles. The van der Waals surface area contributed by atoms with E-state index >= 15 is 0 Å². The van der Waals surface area contributed by atoms with Crippen LogP contribution >= 0.6 is 0 Å². The van der Waals surface area contributed by atoms with Crippen LogP contribution in [0.5, 0.6) is 0 Å². The van der Waals surface area contributed by atoms with Gasteiger partial charge in [-0.2, -0.15) is 0 Å². The molecular weight excluding hydrogens is 215 g/mol. The first kappa shape index (κ1) is 12.7. The van der Waals surface area contributed by atoms with Gasteiger partial charge in [-0.15, -0.1) is 6.58 Å². The number of carboxylic acids is 2. The van der Waals surface area contributed by atoms with Crippen molar-refractivity contribution in [3.63, 3.8) is 0 Å². The summed E-state index contributed by atoms with van der Waals surface area (Å²) in [4.78, 5) is 21.8. The van der Waals surface area contributed by atoms with Crippen molar-refractivity contribution in [3.05, 3.63) is 12.7 Å². The van der Waals surface area contributed by atoms with Crippen molar-refractivity contribution in [1.82, 2.24) is 0 Å². The lowest BCUT2D eigenvalue weighted by Gasteiger charge is -2.27. The molecule has 7 heteroatoms. The molecule has 1 saturated heterocycles. The maximum atomic E-state index is 11.0. The zero-order valence-electron chi connectivity index (χ0n) is 8.54. The van der Waals surface area contributed by atoms with Crippen molar-refractivity contribution in [2.24, 2.45) is 5.92 Å². The minimum absolute atomic E-state index is 0.0647. The van der Waals surface area contributed by atoms with Crippen molar-refractivity contribution < 1.29 is 29.9 Å². The Balaban J connectivity index is 3.11. The zero-order chi connectivity index (χ0) is 12.5. The van der Waals surface area contributed by atoms with Gasteiger partial charge in [0.2, 0.25) is 0 Å². The molecule has 0 aromatic rings. The summed E-state index contributed by atoms with van der Waals surface area (Å²) in [6.45, 7) is 2.02. The van der Waals surface area contributed by atoms with Crippen LogP contribution in [-0.4, -0.2) is 44.8 Å². The van der Waals surface area contributed by atoms with Gasteiger partial charge in [0.1, 0.15) is 0 Å². The Hall–Kier alpha value is -1.34. The van der Waals surface area contributed by atoms with Crippen LogP contribution < -0.4 is 0 Å². The molecule has 1 aliphatic rings. The fraction of sp³-hybridized carbons (Fsp3) is 0.556. The summed E-state index contributed by atoms with van der Waals surface area (Å²) < 4.78 is 0. The topological polar surface area (TPSA) is 115 Å². The molecule has 16 heavy (non-hydrogen) atoms. The van der Waals surface area contributed by atoms with E-state index in [1.165, 1.54) is 6.08 Å². The molecule has 0 aliphatic carbocycles. The number of hydrogen-bond acceptors (Lipinski definition) is 4. The molecule has 0 aromatic carbocycles.